The fourth-order valence-electron chi connectivity index (χ4n) is 8.30. The Morgan fingerprint density at radius 2 is 1.52 bits per heavy atom. The minimum absolute atomic E-state index is 0.0387. The second kappa shape index (κ2) is 14.6. The number of hydrogen-bond acceptors (Lipinski definition) is 9. The number of hydrogen-bond donors (Lipinski definition) is 3. The molecule has 1 fully saturated rings. The smallest absolute Gasteiger partial charge is 0.342 e. The van der Waals surface area contributed by atoms with E-state index in [0.717, 1.165) is 25.9 Å². The number of anilines is 2. The van der Waals surface area contributed by atoms with E-state index >= 15 is 4.39 Å². The molecule has 0 aliphatic carbocycles. The summed E-state index contributed by atoms with van der Waals surface area (Å²) in [6.45, 7) is 1.76. The quantitative estimate of drug-likeness (QED) is 0.125. The zero-order chi connectivity index (χ0) is 38.3. The fraction of sp³-hybridized carbons (Fsp3) is 0.357. The lowest BCUT2D eigenvalue weighted by atomic mass is 9.12. The Morgan fingerprint density at radius 1 is 0.865 bits per heavy atom. The molecule has 0 spiro atoms. The molecule has 258 valence electrons. The van der Waals surface area contributed by atoms with Crippen molar-refractivity contribution in [2.24, 2.45) is 0 Å². The summed E-state index contributed by atoms with van der Waals surface area (Å²) in [6, 6.07) is 9.34. The maximum absolute atomic E-state index is 15.6. The molecule has 3 heterocycles. The highest BCUT2D eigenvalue weighted by atomic mass is 19.1. The van der Waals surface area contributed by atoms with Gasteiger partial charge in [0.1, 0.15) is 53.4 Å². The number of nitrogens with zero attached hydrogens (tertiary/aromatic N) is 4. The number of amides is 1. The van der Waals surface area contributed by atoms with Crippen LogP contribution in [0.5, 0.6) is 23.1 Å². The van der Waals surface area contributed by atoms with Crippen molar-refractivity contribution in [3.05, 3.63) is 54.7 Å². The van der Waals surface area contributed by atoms with Gasteiger partial charge in [-0.3, -0.25) is 0 Å². The number of piperidine rings is 1. The summed E-state index contributed by atoms with van der Waals surface area (Å²) in [5.74, 6) is 1.40. The van der Waals surface area contributed by atoms with Gasteiger partial charge in [-0.2, -0.15) is 4.68 Å². The molecule has 3 N–H and O–H groups in total. The monoisotopic (exact) mass is 693 g/mol. The molecule has 52 heavy (non-hydrogen) atoms. The van der Waals surface area contributed by atoms with E-state index in [1.807, 2.05) is 35.7 Å². The molecule has 0 unspecified atom stereocenters. The SMILES string of the molecule is BC(B)(B)Oc1cc2ncnc(Nc3ccc(Oc4ccn(C(=O)NC(C(B)(B)B)(C(B)(B)B)C(B)(B)B)n4)cc3F)c2cc1OC1CCNCC1. The zero-order valence-corrected chi connectivity index (χ0v) is 32.8. The molecule has 1 saturated heterocycles. The van der Waals surface area contributed by atoms with Crippen LogP contribution >= 0.6 is 0 Å². The molecule has 5 rings (SSSR count). The maximum atomic E-state index is 15.6. The van der Waals surface area contributed by atoms with Gasteiger partial charge in [-0.25, -0.2) is 19.2 Å². The molecule has 0 atom stereocenters. The van der Waals surface area contributed by atoms with Crippen molar-refractivity contribution in [3.63, 3.8) is 0 Å². The van der Waals surface area contributed by atoms with Crippen LogP contribution in [0.2, 0.25) is 15.3 Å². The van der Waals surface area contributed by atoms with Crippen molar-refractivity contribution < 1.29 is 23.4 Å². The maximum Gasteiger partial charge on any atom is 0.342 e. The Morgan fingerprint density at radius 3 is 2.12 bits per heavy atom. The van der Waals surface area contributed by atoms with Crippen molar-refractivity contribution in [3.8, 4) is 23.1 Å². The summed E-state index contributed by atoms with van der Waals surface area (Å²) in [7, 11) is 25.2. The Labute approximate surface area is 316 Å². The lowest BCUT2D eigenvalue weighted by Gasteiger charge is -2.63. The third kappa shape index (κ3) is 8.58. The van der Waals surface area contributed by atoms with Crippen LogP contribution < -0.4 is 30.2 Å². The highest BCUT2D eigenvalue weighted by molar-refractivity contribution is 6.71. The summed E-state index contributed by atoms with van der Waals surface area (Å²) in [6.07, 6.45) is 4.76. The second-order valence-electron chi connectivity index (χ2n) is 17.7. The van der Waals surface area contributed by atoms with Gasteiger partial charge in [0.15, 0.2) is 11.5 Å². The Kier molecular flexibility index (Phi) is 11.1. The molecule has 2 aromatic heterocycles. The Balaban J connectivity index is 1.36. The number of halogens is 1. The first-order chi connectivity index (χ1) is 24.1. The van der Waals surface area contributed by atoms with Gasteiger partial charge in [0.2, 0.25) is 5.88 Å². The lowest BCUT2D eigenvalue weighted by molar-refractivity contribution is 0.154. The second-order valence-corrected chi connectivity index (χ2v) is 17.7. The number of ether oxygens (including phenoxy) is 3. The first-order valence-corrected chi connectivity index (χ1v) is 18.1. The normalized spacial score (nSPS) is 14.8. The largest absolute Gasteiger partial charge is 0.510 e. The van der Waals surface area contributed by atoms with E-state index in [1.54, 1.807) is 18.2 Å². The molecule has 0 radical (unpaired) electrons. The average Bonchev–Trinajstić information content (AvgIpc) is 3.48. The summed E-state index contributed by atoms with van der Waals surface area (Å²) >= 11 is 0. The van der Waals surface area contributed by atoms with E-state index in [0.29, 0.717) is 28.2 Å². The van der Waals surface area contributed by atoms with Gasteiger partial charge in [-0.05, 0) is 49.7 Å². The summed E-state index contributed by atoms with van der Waals surface area (Å²) in [5.41, 5.74) is 0.206. The number of benzene rings is 2. The molecule has 1 aliphatic heterocycles. The highest BCUT2D eigenvalue weighted by Gasteiger charge is 2.56. The third-order valence-electron chi connectivity index (χ3n) is 9.55. The molecule has 0 bridgehead atoms. The lowest BCUT2D eigenvalue weighted by Crippen LogP contribution is -2.72. The van der Waals surface area contributed by atoms with Gasteiger partial charge >= 0.3 is 6.03 Å². The molecule has 4 aromatic rings. The van der Waals surface area contributed by atoms with Crippen LogP contribution in [-0.2, 0) is 0 Å². The average molecular weight is 691 g/mol. The van der Waals surface area contributed by atoms with Crippen LogP contribution in [0.25, 0.3) is 10.9 Å². The molecule has 1 amide bonds. The molecule has 1 aliphatic rings. The van der Waals surface area contributed by atoms with Crippen molar-refractivity contribution in [1.82, 2.24) is 30.4 Å². The fourth-order valence-corrected chi connectivity index (χ4v) is 8.30. The van der Waals surface area contributed by atoms with Crippen LogP contribution in [0, 0.1) is 5.82 Å². The van der Waals surface area contributed by atoms with Gasteiger partial charge in [0, 0.05) is 35.1 Å². The zero-order valence-electron chi connectivity index (χ0n) is 32.8. The van der Waals surface area contributed by atoms with E-state index < -0.39 is 16.7 Å². The molecule has 0 saturated carbocycles. The van der Waals surface area contributed by atoms with Gasteiger partial charge < -0.3 is 30.2 Å². The predicted molar refractivity (Wildman–Crippen MR) is 239 cm³/mol. The number of carbonyl (C=O) groups excluding carboxylic acids is 1. The number of fused-ring (bicyclic) bond motifs is 1. The van der Waals surface area contributed by atoms with E-state index in [4.69, 9.17) is 14.2 Å². The van der Waals surface area contributed by atoms with E-state index in [9.17, 15) is 4.79 Å². The summed E-state index contributed by atoms with van der Waals surface area (Å²) in [5, 5.41) is 13.5. The van der Waals surface area contributed by atoms with Gasteiger partial charge in [-0.1, -0.05) is 15.3 Å². The van der Waals surface area contributed by atoms with Crippen molar-refractivity contribution >= 4 is 123 Å². The Hall–Kier alpha value is -3.67. The van der Waals surface area contributed by atoms with Crippen molar-refractivity contribution in [1.29, 1.82) is 0 Å². The van der Waals surface area contributed by atoms with Crippen LogP contribution in [0.15, 0.2) is 48.9 Å². The number of aromatic nitrogens is 4. The van der Waals surface area contributed by atoms with E-state index in [2.05, 4.69) is 102 Å². The summed E-state index contributed by atoms with van der Waals surface area (Å²) in [4.78, 5) is 22.6. The number of nitrogens with one attached hydrogen (secondary N) is 3. The molecule has 11 nitrogen and oxygen atoms in total. The topological polar surface area (TPSA) is 124 Å². The minimum Gasteiger partial charge on any atom is -0.510 e. The van der Waals surface area contributed by atoms with Crippen LogP contribution in [0.3, 0.4) is 0 Å². The Bertz CT molecular complexity index is 1890. The van der Waals surface area contributed by atoms with E-state index in [-0.39, 0.29) is 44.8 Å². The van der Waals surface area contributed by atoms with Crippen molar-refractivity contribution in [2.45, 2.75) is 45.1 Å². The van der Waals surface area contributed by atoms with Crippen LogP contribution in [0.1, 0.15) is 12.8 Å². The van der Waals surface area contributed by atoms with Crippen molar-refractivity contribution in [2.75, 3.05) is 18.4 Å². The predicted octanol–water partition coefficient (Wildman–Crippen LogP) is -7.26. The van der Waals surface area contributed by atoms with Crippen LogP contribution in [-0.4, -0.2) is 150 Å². The number of carbonyl (C=O) groups is 1. The summed E-state index contributed by atoms with van der Waals surface area (Å²) < 4.78 is 35.5. The van der Waals surface area contributed by atoms with Gasteiger partial charge in [-0.15, -0.1) is 5.10 Å². The number of rotatable bonds is 12. The first kappa shape index (κ1) is 39.5. The van der Waals surface area contributed by atoms with Gasteiger partial charge in [0.25, 0.3) is 0 Å². The third-order valence-corrected chi connectivity index (χ3v) is 9.55. The molecular formula is C28H44B12FN7O4. The highest BCUT2D eigenvalue weighted by Crippen LogP contribution is 2.53. The van der Waals surface area contributed by atoms with Crippen LogP contribution in [0.4, 0.5) is 20.7 Å². The molecular weight excluding hydrogens is 647 g/mol. The molecule has 2 aromatic carbocycles. The molecule has 24 heteroatoms. The standard InChI is InChI=1S/C28H44B12FN7O4/c29-25(30,31)24(26(32,33)34,27(35,36)37)46-23(49)48-8-5-21(47-48)51-14-1-2-17(16(41)9-14)45-22-15-10-19(50-13-3-6-42-7-4-13)20(52-28(38,39)40)11-18(15)43-12-44-22/h1-2,5,8-13,42H,3-4,6-7,29-40H2,(H,46,49)(H,43,44,45). The van der Waals surface area contributed by atoms with Gasteiger partial charge in [0.05, 0.1) is 81.8 Å². The first-order valence-electron chi connectivity index (χ1n) is 18.1. The van der Waals surface area contributed by atoms with E-state index in [1.165, 1.54) is 23.3 Å². The minimum atomic E-state index is -0.609.